The third kappa shape index (κ3) is 2.94. The number of nitrogens with two attached hydrogens (primary N) is 1. The molecule has 1 aromatic rings. The molecule has 2 rings (SSSR count). The summed E-state index contributed by atoms with van der Waals surface area (Å²) < 4.78 is 5.73. The Morgan fingerprint density at radius 1 is 1.29 bits per heavy atom. The van der Waals surface area contributed by atoms with Gasteiger partial charge in [-0.3, -0.25) is 4.98 Å². The highest BCUT2D eigenvalue weighted by molar-refractivity contribution is 5.14. The maximum Gasteiger partial charge on any atom is 0.232 e. The molecule has 4 heteroatoms. The molecule has 2 N–H and O–H groups in total. The first kappa shape index (κ1) is 12.3. The highest BCUT2D eigenvalue weighted by Gasteiger charge is 2.26. The molecule has 17 heavy (non-hydrogen) atoms. The van der Waals surface area contributed by atoms with Gasteiger partial charge in [-0.25, -0.2) is 4.98 Å². The predicted octanol–water partition coefficient (Wildman–Crippen LogP) is 1.85. The van der Waals surface area contributed by atoms with Crippen molar-refractivity contribution in [1.82, 2.24) is 9.97 Å². The van der Waals surface area contributed by atoms with Crippen LogP contribution in [0.3, 0.4) is 0 Å². The van der Waals surface area contributed by atoms with Gasteiger partial charge in [-0.1, -0.05) is 6.42 Å². The van der Waals surface area contributed by atoms with Gasteiger partial charge in [-0.05, 0) is 45.1 Å². The van der Waals surface area contributed by atoms with Gasteiger partial charge in [0.25, 0.3) is 0 Å². The van der Waals surface area contributed by atoms with E-state index in [0.29, 0.717) is 17.7 Å². The molecule has 0 aliphatic heterocycles. The van der Waals surface area contributed by atoms with Crippen LogP contribution in [0, 0.1) is 25.7 Å². The minimum absolute atomic E-state index is 0.586. The maximum atomic E-state index is 5.75. The zero-order valence-corrected chi connectivity index (χ0v) is 10.6. The summed E-state index contributed by atoms with van der Waals surface area (Å²) in [7, 11) is 0. The van der Waals surface area contributed by atoms with Crippen LogP contribution in [0.2, 0.25) is 0 Å². The summed E-state index contributed by atoms with van der Waals surface area (Å²) in [5, 5.41) is 0. The van der Waals surface area contributed by atoms with Crippen LogP contribution in [-0.2, 0) is 0 Å². The average molecular weight is 235 g/mol. The normalized spacial score (nSPS) is 23.9. The highest BCUT2D eigenvalue weighted by atomic mass is 16.5. The maximum absolute atomic E-state index is 5.75. The molecule has 0 aromatic carbocycles. The van der Waals surface area contributed by atoms with Crippen molar-refractivity contribution in [3.05, 3.63) is 17.6 Å². The summed E-state index contributed by atoms with van der Waals surface area (Å²) in [5.41, 5.74) is 7.64. The number of nitrogens with zero attached hydrogens (tertiary/aromatic N) is 2. The molecule has 0 radical (unpaired) electrons. The largest absolute Gasteiger partial charge is 0.476 e. The van der Waals surface area contributed by atoms with Crippen LogP contribution in [0.25, 0.3) is 0 Å². The van der Waals surface area contributed by atoms with Crippen molar-refractivity contribution in [2.45, 2.75) is 33.1 Å². The minimum atomic E-state index is 0.586. The summed E-state index contributed by atoms with van der Waals surface area (Å²) in [6, 6.07) is 0. The third-order valence-electron chi connectivity index (χ3n) is 3.73. The fraction of sp³-hybridized carbons (Fsp3) is 0.692. The molecule has 1 fully saturated rings. The van der Waals surface area contributed by atoms with Gasteiger partial charge in [0, 0.05) is 0 Å². The Hall–Kier alpha value is -1.16. The Kier molecular flexibility index (Phi) is 3.94. The molecule has 0 bridgehead atoms. The van der Waals surface area contributed by atoms with Gasteiger partial charge in [-0.2, -0.15) is 0 Å². The lowest BCUT2D eigenvalue weighted by Gasteiger charge is -2.17. The first-order valence-electron chi connectivity index (χ1n) is 6.34. The van der Waals surface area contributed by atoms with Crippen molar-refractivity contribution in [3.8, 4) is 5.88 Å². The van der Waals surface area contributed by atoms with Crippen LogP contribution < -0.4 is 10.5 Å². The van der Waals surface area contributed by atoms with E-state index < -0.39 is 0 Å². The van der Waals surface area contributed by atoms with Gasteiger partial charge in [-0.15, -0.1) is 0 Å². The predicted molar refractivity (Wildman–Crippen MR) is 66.9 cm³/mol. The highest BCUT2D eigenvalue weighted by Crippen LogP contribution is 2.31. The number of ether oxygens (including phenoxy) is 1. The van der Waals surface area contributed by atoms with Crippen LogP contribution in [0.4, 0.5) is 0 Å². The molecule has 1 aromatic heterocycles. The molecule has 1 aliphatic rings. The Morgan fingerprint density at radius 2 is 2.06 bits per heavy atom. The molecule has 1 aliphatic carbocycles. The monoisotopic (exact) mass is 235 g/mol. The van der Waals surface area contributed by atoms with E-state index in [1.807, 2.05) is 13.8 Å². The Bertz CT molecular complexity index is 381. The second-order valence-electron chi connectivity index (χ2n) is 4.88. The quantitative estimate of drug-likeness (QED) is 0.865. The van der Waals surface area contributed by atoms with E-state index in [2.05, 4.69) is 9.97 Å². The lowest BCUT2D eigenvalue weighted by molar-refractivity contribution is 0.209. The van der Waals surface area contributed by atoms with Gasteiger partial charge in [0.05, 0.1) is 24.2 Å². The zero-order valence-electron chi connectivity index (χ0n) is 10.6. The van der Waals surface area contributed by atoms with Gasteiger partial charge in [0.15, 0.2) is 0 Å². The van der Waals surface area contributed by atoms with Crippen LogP contribution in [-0.4, -0.2) is 23.1 Å². The summed E-state index contributed by atoms with van der Waals surface area (Å²) in [6.07, 6.45) is 5.44. The van der Waals surface area contributed by atoms with Gasteiger partial charge in [0.2, 0.25) is 5.88 Å². The fourth-order valence-corrected chi connectivity index (χ4v) is 2.43. The second-order valence-corrected chi connectivity index (χ2v) is 4.88. The Labute approximate surface area is 103 Å². The summed E-state index contributed by atoms with van der Waals surface area (Å²) >= 11 is 0. The van der Waals surface area contributed by atoms with Crippen LogP contribution in [0.15, 0.2) is 6.20 Å². The minimum Gasteiger partial charge on any atom is -0.476 e. The van der Waals surface area contributed by atoms with Gasteiger partial charge < -0.3 is 10.5 Å². The number of rotatable bonds is 4. The van der Waals surface area contributed by atoms with E-state index in [0.717, 1.165) is 24.5 Å². The first-order valence-corrected chi connectivity index (χ1v) is 6.34. The summed E-state index contributed by atoms with van der Waals surface area (Å²) in [5.74, 6) is 1.84. The number of aryl methyl sites for hydroxylation is 2. The lowest BCUT2D eigenvalue weighted by Crippen LogP contribution is -2.23. The molecule has 4 nitrogen and oxygen atoms in total. The molecular weight excluding hydrogens is 214 g/mol. The topological polar surface area (TPSA) is 61.0 Å². The summed E-state index contributed by atoms with van der Waals surface area (Å²) in [4.78, 5) is 8.62. The standard InChI is InChI=1S/C13H21N3O/c1-9-10(2)16-13(7-15-9)17-8-12-5-3-4-11(12)6-14/h7,11-12H,3-6,8,14H2,1-2H3. The SMILES string of the molecule is Cc1ncc(OCC2CCCC2CN)nc1C. The van der Waals surface area contributed by atoms with Crippen LogP contribution >= 0.6 is 0 Å². The number of aromatic nitrogens is 2. The van der Waals surface area contributed by atoms with Crippen molar-refractivity contribution >= 4 is 0 Å². The lowest BCUT2D eigenvalue weighted by atomic mass is 9.97. The van der Waals surface area contributed by atoms with Gasteiger partial charge in [0.1, 0.15) is 0 Å². The van der Waals surface area contributed by atoms with E-state index in [-0.39, 0.29) is 0 Å². The first-order chi connectivity index (χ1) is 8.20. The molecule has 0 amide bonds. The van der Waals surface area contributed by atoms with Crippen LogP contribution in [0.5, 0.6) is 5.88 Å². The molecule has 94 valence electrons. The van der Waals surface area contributed by atoms with Gasteiger partial charge >= 0.3 is 0 Å². The van der Waals surface area contributed by atoms with E-state index in [4.69, 9.17) is 10.5 Å². The van der Waals surface area contributed by atoms with Crippen molar-refractivity contribution < 1.29 is 4.74 Å². The molecule has 2 atom stereocenters. The molecule has 2 unspecified atom stereocenters. The molecule has 1 heterocycles. The van der Waals surface area contributed by atoms with Crippen molar-refractivity contribution in [3.63, 3.8) is 0 Å². The molecule has 0 spiro atoms. The second kappa shape index (κ2) is 5.45. The van der Waals surface area contributed by atoms with Crippen molar-refractivity contribution in [2.75, 3.05) is 13.2 Å². The smallest absolute Gasteiger partial charge is 0.232 e. The third-order valence-corrected chi connectivity index (χ3v) is 3.73. The van der Waals surface area contributed by atoms with E-state index >= 15 is 0 Å². The number of hydrogen-bond donors (Lipinski definition) is 1. The van der Waals surface area contributed by atoms with E-state index in [9.17, 15) is 0 Å². The van der Waals surface area contributed by atoms with Crippen LogP contribution in [0.1, 0.15) is 30.7 Å². The van der Waals surface area contributed by atoms with Crippen molar-refractivity contribution in [1.29, 1.82) is 0 Å². The average Bonchev–Trinajstić information content (AvgIpc) is 2.78. The van der Waals surface area contributed by atoms with Crippen molar-refractivity contribution in [2.24, 2.45) is 17.6 Å². The Balaban J connectivity index is 1.91. The molecular formula is C13H21N3O. The summed E-state index contributed by atoms with van der Waals surface area (Å²) in [6.45, 7) is 5.40. The molecule has 0 saturated heterocycles. The van der Waals surface area contributed by atoms with E-state index in [1.54, 1.807) is 6.20 Å². The zero-order chi connectivity index (χ0) is 12.3. The fourth-order valence-electron chi connectivity index (χ4n) is 2.43. The molecule has 1 saturated carbocycles. The van der Waals surface area contributed by atoms with E-state index in [1.165, 1.54) is 19.3 Å². The Morgan fingerprint density at radius 3 is 2.76 bits per heavy atom. The number of hydrogen-bond acceptors (Lipinski definition) is 4.